The van der Waals surface area contributed by atoms with Crippen molar-refractivity contribution >= 4 is 28.9 Å². The molecular weight excluding hydrogens is 334 g/mol. The maximum atomic E-state index is 12.7. The third-order valence-electron chi connectivity index (χ3n) is 4.57. The van der Waals surface area contributed by atoms with Gasteiger partial charge in [-0.1, -0.05) is 0 Å². The van der Waals surface area contributed by atoms with Gasteiger partial charge in [0, 0.05) is 38.6 Å². The zero-order valence-corrected chi connectivity index (χ0v) is 15.8. The Kier molecular flexibility index (Phi) is 5.53. The third-order valence-corrected chi connectivity index (χ3v) is 5.29. The molecule has 1 aliphatic heterocycles. The van der Waals surface area contributed by atoms with Crippen molar-refractivity contribution in [3.63, 3.8) is 0 Å². The van der Waals surface area contributed by atoms with Crippen molar-refractivity contribution in [3.8, 4) is 0 Å². The quantitative estimate of drug-likeness (QED) is 0.909. The molecule has 1 amide bonds. The average molecular weight is 359 g/mol. The van der Waals surface area contributed by atoms with Crippen LogP contribution in [0.25, 0.3) is 0 Å². The van der Waals surface area contributed by atoms with E-state index >= 15 is 0 Å². The Morgan fingerprint density at radius 3 is 2.80 bits per heavy atom. The fraction of sp³-hybridized carbons (Fsp3) is 0.500. The molecule has 1 aliphatic rings. The number of rotatable bonds is 4. The van der Waals surface area contributed by atoms with Crippen molar-refractivity contribution in [2.45, 2.75) is 32.2 Å². The molecule has 1 fully saturated rings. The Morgan fingerprint density at radius 2 is 2.16 bits per heavy atom. The number of nitrogens with zero attached hydrogens (tertiary/aromatic N) is 4. The van der Waals surface area contributed by atoms with Crippen LogP contribution in [0.15, 0.2) is 23.7 Å². The summed E-state index contributed by atoms with van der Waals surface area (Å²) in [5.41, 5.74) is 2.62. The molecule has 0 bridgehead atoms. The number of carbonyl (C=O) groups excluding carboxylic acids is 1. The van der Waals surface area contributed by atoms with Crippen molar-refractivity contribution < 1.29 is 4.79 Å². The number of pyridine rings is 1. The van der Waals surface area contributed by atoms with E-state index in [0.717, 1.165) is 55.1 Å². The van der Waals surface area contributed by atoms with Crippen LogP contribution in [0, 0.1) is 6.92 Å². The summed E-state index contributed by atoms with van der Waals surface area (Å²) < 4.78 is 4.22. The highest BCUT2D eigenvalue weighted by molar-refractivity contribution is 7.03. The van der Waals surface area contributed by atoms with Gasteiger partial charge in [-0.05, 0) is 49.9 Å². The summed E-state index contributed by atoms with van der Waals surface area (Å²) in [6, 6.07) is 4.45. The minimum absolute atomic E-state index is 0.115. The van der Waals surface area contributed by atoms with Gasteiger partial charge in [-0.3, -0.25) is 4.79 Å². The Balaban J connectivity index is 1.58. The molecule has 1 saturated heterocycles. The van der Waals surface area contributed by atoms with Gasteiger partial charge in [0.25, 0.3) is 5.91 Å². The highest BCUT2D eigenvalue weighted by Crippen LogP contribution is 2.20. The molecule has 0 unspecified atom stereocenters. The van der Waals surface area contributed by atoms with E-state index in [9.17, 15) is 4.79 Å². The van der Waals surface area contributed by atoms with E-state index in [1.807, 2.05) is 48.5 Å². The van der Waals surface area contributed by atoms with E-state index < -0.39 is 0 Å². The zero-order valence-electron chi connectivity index (χ0n) is 15.0. The van der Waals surface area contributed by atoms with Gasteiger partial charge < -0.3 is 15.1 Å². The first-order valence-corrected chi connectivity index (χ1v) is 9.48. The van der Waals surface area contributed by atoms with E-state index in [0.29, 0.717) is 6.04 Å². The lowest BCUT2D eigenvalue weighted by atomic mass is 10.1. The molecule has 3 rings (SSSR count). The largest absolute Gasteiger partial charge is 0.381 e. The van der Waals surface area contributed by atoms with Gasteiger partial charge in [0.15, 0.2) is 0 Å². The van der Waals surface area contributed by atoms with Gasteiger partial charge in [0.1, 0.15) is 5.82 Å². The maximum Gasteiger partial charge on any atom is 0.256 e. The molecule has 1 atom stereocenters. The van der Waals surface area contributed by atoms with E-state index in [1.54, 1.807) is 0 Å². The number of carbonyl (C=O) groups is 1. The smallest absolute Gasteiger partial charge is 0.256 e. The van der Waals surface area contributed by atoms with Crippen LogP contribution in [0.1, 0.15) is 35.3 Å². The number of hydrogen-bond acceptors (Lipinski definition) is 6. The molecule has 25 heavy (non-hydrogen) atoms. The number of hydrogen-bond donors (Lipinski definition) is 1. The predicted molar refractivity (Wildman–Crippen MR) is 103 cm³/mol. The summed E-state index contributed by atoms with van der Waals surface area (Å²) >= 11 is 1.35. The molecule has 0 saturated carbocycles. The maximum absolute atomic E-state index is 12.7. The number of likely N-dealkylation sites (tertiary alicyclic amines) is 1. The molecule has 0 aliphatic carbocycles. The molecule has 2 aromatic heterocycles. The summed E-state index contributed by atoms with van der Waals surface area (Å²) in [6.45, 7) is 3.48. The summed E-state index contributed by atoms with van der Waals surface area (Å²) in [6.07, 6.45) is 4.88. The minimum atomic E-state index is 0.115. The number of amides is 1. The topological polar surface area (TPSA) is 61.4 Å². The number of nitrogens with one attached hydrogen (secondary N) is 1. The molecule has 1 N–H and O–H groups in total. The molecule has 2 aromatic rings. The van der Waals surface area contributed by atoms with Crippen LogP contribution in [-0.4, -0.2) is 53.4 Å². The second-order valence-electron chi connectivity index (χ2n) is 6.68. The first kappa shape index (κ1) is 17.7. The summed E-state index contributed by atoms with van der Waals surface area (Å²) in [4.78, 5) is 21.1. The van der Waals surface area contributed by atoms with Gasteiger partial charge in [0.05, 0.1) is 23.1 Å². The first-order valence-electron chi connectivity index (χ1n) is 8.65. The molecular formula is C18H25N5OS. The molecule has 0 spiro atoms. The van der Waals surface area contributed by atoms with Crippen LogP contribution in [-0.2, 0) is 0 Å². The average Bonchev–Trinajstić information content (AvgIpc) is 2.89. The van der Waals surface area contributed by atoms with Crippen molar-refractivity contribution in [1.29, 1.82) is 0 Å². The minimum Gasteiger partial charge on any atom is -0.381 e. The monoisotopic (exact) mass is 359 g/mol. The van der Waals surface area contributed by atoms with Crippen LogP contribution >= 0.6 is 11.5 Å². The normalized spacial score (nSPS) is 17.9. The standard InChI is InChI=1S/C18H25N5OS/c1-13-16(12-25-21-13)18(24)23-9-4-5-14(8-10-23)20-15-6-7-17(19-11-15)22(2)3/h6-7,11-12,14,20H,4-5,8-10H2,1-3H3/t14-/m1/s1. The lowest BCUT2D eigenvalue weighted by Crippen LogP contribution is -2.32. The van der Waals surface area contributed by atoms with Gasteiger partial charge in [-0.2, -0.15) is 4.37 Å². The van der Waals surface area contributed by atoms with Crippen LogP contribution in [0.4, 0.5) is 11.5 Å². The van der Waals surface area contributed by atoms with Crippen LogP contribution < -0.4 is 10.2 Å². The molecule has 3 heterocycles. The zero-order chi connectivity index (χ0) is 17.8. The number of anilines is 2. The fourth-order valence-electron chi connectivity index (χ4n) is 3.08. The van der Waals surface area contributed by atoms with E-state index in [4.69, 9.17) is 0 Å². The molecule has 0 aromatic carbocycles. The predicted octanol–water partition coefficient (Wildman–Crippen LogP) is 3.02. The van der Waals surface area contributed by atoms with E-state index in [-0.39, 0.29) is 5.91 Å². The lowest BCUT2D eigenvalue weighted by molar-refractivity contribution is 0.0761. The Bertz CT molecular complexity index is 713. The third kappa shape index (κ3) is 4.28. The highest BCUT2D eigenvalue weighted by atomic mass is 32.1. The summed E-state index contributed by atoms with van der Waals surface area (Å²) in [5, 5.41) is 5.42. The van der Waals surface area contributed by atoms with Crippen molar-refractivity contribution in [2.75, 3.05) is 37.4 Å². The van der Waals surface area contributed by atoms with E-state index in [1.165, 1.54) is 11.5 Å². The van der Waals surface area contributed by atoms with Crippen LogP contribution in [0.5, 0.6) is 0 Å². The molecule has 134 valence electrons. The summed E-state index contributed by atoms with van der Waals surface area (Å²) in [7, 11) is 3.97. The second-order valence-corrected chi connectivity index (χ2v) is 7.31. The molecule has 0 radical (unpaired) electrons. The van der Waals surface area contributed by atoms with Gasteiger partial charge in [-0.25, -0.2) is 4.98 Å². The van der Waals surface area contributed by atoms with Crippen LogP contribution in [0.3, 0.4) is 0 Å². The first-order chi connectivity index (χ1) is 12.0. The summed E-state index contributed by atoms with van der Waals surface area (Å²) in [5.74, 6) is 1.06. The van der Waals surface area contributed by atoms with Crippen molar-refractivity contribution in [2.24, 2.45) is 0 Å². The van der Waals surface area contributed by atoms with Crippen molar-refractivity contribution in [3.05, 3.63) is 35.0 Å². The lowest BCUT2D eigenvalue weighted by Gasteiger charge is -2.21. The molecule has 7 heteroatoms. The van der Waals surface area contributed by atoms with E-state index in [2.05, 4.69) is 20.7 Å². The van der Waals surface area contributed by atoms with Gasteiger partial charge in [0.2, 0.25) is 0 Å². The second kappa shape index (κ2) is 7.82. The van der Waals surface area contributed by atoms with Crippen molar-refractivity contribution in [1.82, 2.24) is 14.3 Å². The number of aromatic nitrogens is 2. The SMILES string of the molecule is Cc1nscc1C(=O)N1CCC[C@@H](Nc2ccc(N(C)C)nc2)CC1. The van der Waals surface area contributed by atoms with Gasteiger partial charge >= 0.3 is 0 Å². The Hall–Kier alpha value is -2.15. The number of aryl methyl sites for hydroxylation is 1. The fourth-order valence-corrected chi connectivity index (χ4v) is 3.77. The highest BCUT2D eigenvalue weighted by Gasteiger charge is 2.23. The molecule has 6 nitrogen and oxygen atoms in total. The Labute approximate surface area is 153 Å². The van der Waals surface area contributed by atoms with Crippen LogP contribution in [0.2, 0.25) is 0 Å². The van der Waals surface area contributed by atoms with Gasteiger partial charge in [-0.15, -0.1) is 0 Å². The Morgan fingerprint density at radius 1 is 1.32 bits per heavy atom.